The molecule has 0 aliphatic heterocycles. The highest BCUT2D eigenvalue weighted by molar-refractivity contribution is 5.81. The Hall–Kier alpha value is -2.04. The molecule has 0 N–H and O–H groups in total. The lowest BCUT2D eigenvalue weighted by Gasteiger charge is -2.20. The van der Waals surface area contributed by atoms with Crippen molar-refractivity contribution in [2.75, 3.05) is 20.7 Å². The maximum atomic E-state index is 11.8. The van der Waals surface area contributed by atoms with Crippen LogP contribution in [0.2, 0.25) is 0 Å². The molecule has 0 fully saturated rings. The van der Waals surface area contributed by atoms with Crippen molar-refractivity contribution in [3.8, 4) is 11.5 Å². The number of aldehydes is 1. The zero-order valence-electron chi connectivity index (χ0n) is 11.7. The second kappa shape index (κ2) is 6.78. The Morgan fingerprint density at radius 3 is 2.58 bits per heavy atom. The normalized spacial score (nSPS) is 11.6. The monoisotopic (exact) mass is 265 g/mol. The number of amides is 1. The molecule has 0 radical (unpaired) electrons. The first-order valence-electron chi connectivity index (χ1n) is 6.09. The molecule has 1 atom stereocenters. The van der Waals surface area contributed by atoms with Gasteiger partial charge in [0.05, 0.1) is 6.61 Å². The minimum atomic E-state index is -0.642. The summed E-state index contributed by atoms with van der Waals surface area (Å²) in [7, 11) is 3.32. The summed E-state index contributed by atoms with van der Waals surface area (Å²) in [6, 6.07) is 4.87. The number of ether oxygens (including phenoxy) is 2. The molecule has 0 unspecified atom stereocenters. The SMILES string of the molecule is CCOc1ccc(C=O)cc1O[C@H](C)C(=O)N(C)C. The van der Waals surface area contributed by atoms with Crippen molar-refractivity contribution < 1.29 is 19.1 Å². The molecule has 5 heteroatoms. The molecule has 1 aromatic carbocycles. The fraction of sp³-hybridized carbons (Fsp3) is 0.429. The molecule has 1 rings (SSSR count). The van der Waals surface area contributed by atoms with Gasteiger partial charge in [-0.05, 0) is 32.0 Å². The Morgan fingerprint density at radius 1 is 1.37 bits per heavy atom. The number of likely N-dealkylation sites (N-methyl/N-ethyl adjacent to an activating group) is 1. The van der Waals surface area contributed by atoms with Crippen LogP contribution in [0.1, 0.15) is 24.2 Å². The molecule has 0 saturated carbocycles. The molecule has 5 nitrogen and oxygen atoms in total. The van der Waals surface area contributed by atoms with Crippen LogP contribution in [0.3, 0.4) is 0 Å². The maximum absolute atomic E-state index is 11.8. The Labute approximate surface area is 113 Å². The first-order chi connectivity index (χ1) is 8.99. The molecule has 0 aliphatic carbocycles. The second-order valence-electron chi connectivity index (χ2n) is 4.25. The van der Waals surface area contributed by atoms with E-state index in [1.54, 1.807) is 39.2 Å². The largest absolute Gasteiger partial charge is 0.490 e. The number of hydrogen-bond acceptors (Lipinski definition) is 4. The molecular formula is C14H19NO4. The molecule has 104 valence electrons. The summed E-state index contributed by atoms with van der Waals surface area (Å²) < 4.78 is 11.0. The molecule has 0 saturated heterocycles. The van der Waals surface area contributed by atoms with Crippen LogP contribution in [0.5, 0.6) is 11.5 Å². The smallest absolute Gasteiger partial charge is 0.262 e. The Balaban J connectivity index is 2.96. The van der Waals surface area contributed by atoms with Gasteiger partial charge >= 0.3 is 0 Å². The van der Waals surface area contributed by atoms with E-state index in [0.717, 1.165) is 6.29 Å². The fourth-order valence-electron chi connectivity index (χ4n) is 1.57. The van der Waals surface area contributed by atoms with Crippen LogP contribution in [-0.4, -0.2) is 43.9 Å². The summed E-state index contributed by atoms with van der Waals surface area (Å²) in [6.45, 7) is 3.99. The van der Waals surface area contributed by atoms with Gasteiger partial charge in [-0.15, -0.1) is 0 Å². The van der Waals surface area contributed by atoms with Crippen molar-refractivity contribution in [1.82, 2.24) is 4.90 Å². The number of benzene rings is 1. The van der Waals surface area contributed by atoms with E-state index in [-0.39, 0.29) is 5.91 Å². The van der Waals surface area contributed by atoms with Crippen molar-refractivity contribution in [1.29, 1.82) is 0 Å². The molecule has 0 spiro atoms. The molecule has 0 bridgehead atoms. The summed E-state index contributed by atoms with van der Waals surface area (Å²) in [5.74, 6) is 0.764. The quantitative estimate of drug-likeness (QED) is 0.735. The molecule has 0 heterocycles. The van der Waals surface area contributed by atoms with E-state index in [2.05, 4.69) is 0 Å². The minimum absolute atomic E-state index is 0.154. The van der Waals surface area contributed by atoms with Gasteiger partial charge in [0, 0.05) is 19.7 Å². The number of hydrogen-bond donors (Lipinski definition) is 0. The average Bonchev–Trinajstić information content (AvgIpc) is 2.39. The molecule has 0 aromatic heterocycles. The third-order valence-electron chi connectivity index (χ3n) is 2.50. The molecule has 1 aromatic rings. The highest BCUT2D eigenvalue weighted by atomic mass is 16.5. The zero-order chi connectivity index (χ0) is 14.4. The van der Waals surface area contributed by atoms with Crippen LogP contribution in [0, 0.1) is 0 Å². The highest BCUT2D eigenvalue weighted by Gasteiger charge is 2.18. The Bertz CT molecular complexity index is 457. The number of nitrogens with zero attached hydrogens (tertiary/aromatic N) is 1. The summed E-state index contributed by atoms with van der Waals surface area (Å²) in [5.41, 5.74) is 0.475. The average molecular weight is 265 g/mol. The van der Waals surface area contributed by atoms with E-state index in [0.29, 0.717) is 23.7 Å². The number of carbonyl (C=O) groups is 2. The van der Waals surface area contributed by atoms with Gasteiger partial charge in [0.15, 0.2) is 17.6 Å². The van der Waals surface area contributed by atoms with Gasteiger partial charge in [0.25, 0.3) is 5.91 Å². The topological polar surface area (TPSA) is 55.8 Å². The van der Waals surface area contributed by atoms with E-state index < -0.39 is 6.10 Å². The Morgan fingerprint density at radius 2 is 2.05 bits per heavy atom. The lowest BCUT2D eigenvalue weighted by molar-refractivity contribution is -0.135. The van der Waals surface area contributed by atoms with Gasteiger partial charge in [-0.3, -0.25) is 9.59 Å². The second-order valence-corrected chi connectivity index (χ2v) is 4.25. The Kier molecular flexibility index (Phi) is 5.36. The zero-order valence-corrected chi connectivity index (χ0v) is 11.7. The third-order valence-corrected chi connectivity index (χ3v) is 2.50. The van der Waals surface area contributed by atoms with Crippen LogP contribution in [-0.2, 0) is 4.79 Å². The molecule has 1 amide bonds. The lowest BCUT2D eigenvalue weighted by atomic mass is 10.2. The number of carbonyl (C=O) groups excluding carboxylic acids is 2. The first kappa shape index (κ1) is 15.0. The predicted molar refractivity (Wildman–Crippen MR) is 71.8 cm³/mol. The lowest BCUT2D eigenvalue weighted by Crippen LogP contribution is -2.35. The number of rotatable bonds is 6. The summed E-state index contributed by atoms with van der Waals surface area (Å²) >= 11 is 0. The van der Waals surface area contributed by atoms with Gasteiger partial charge < -0.3 is 14.4 Å². The summed E-state index contributed by atoms with van der Waals surface area (Å²) in [6.07, 6.45) is 0.0807. The fourth-order valence-corrected chi connectivity index (χ4v) is 1.57. The van der Waals surface area contributed by atoms with Crippen molar-refractivity contribution >= 4 is 12.2 Å². The summed E-state index contributed by atoms with van der Waals surface area (Å²) in [5, 5.41) is 0. The van der Waals surface area contributed by atoms with Crippen LogP contribution < -0.4 is 9.47 Å². The predicted octanol–water partition coefficient (Wildman–Crippen LogP) is 1.75. The van der Waals surface area contributed by atoms with Crippen LogP contribution in [0.25, 0.3) is 0 Å². The van der Waals surface area contributed by atoms with E-state index in [4.69, 9.17) is 9.47 Å². The van der Waals surface area contributed by atoms with Crippen LogP contribution >= 0.6 is 0 Å². The first-order valence-corrected chi connectivity index (χ1v) is 6.09. The van der Waals surface area contributed by atoms with Crippen molar-refractivity contribution in [3.05, 3.63) is 23.8 Å². The summed E-state index contributed by atoms with van der Waals surface area (Å²) in [4.78, 5) is 24.0. The van der Waals surface area contributed by atoms with Crippen molar-refractivity contribution in [3.63, 3.8) is 0 Å². The van der Waals surface area contributed by atoms with E-state index >= 15 is 0 Å². The molecule has 0 aliphatic rings. The maximum Gasteiger partial charge on any atom is 0.262 e. The van der Waals surface area contributed by atoms with E-state index in [1.807, 2.05) is 6.92 Å². The van der Waals surface area contributed by atoms with Gasteiger partial charge in [0.1, 0.15) is 6.29 Å². The molecule has 19 heavy (non-hydrogen) atoms. The highest BCUT2D eigenvalue weighted by Crippen LogP contribution is 2.29. The van der Waals surface area contributed by atoms with E-state index in [9.17, 15) is 9.59 Å². The van der Waals surface area contributed by atoms with E-state index in [1.165, 1.54) is 4.90 Å². The van der Waals surface area contributed by atoms with Gasteiger partial charge in [-0.25, -0.2) is 0 Å². The van der Waals surface area contributed by atoms with Gasteiger partial charge in [0.2, 0.25) is 0 Å². The molecular weight excluding hydrogens is 246 g/mol. The van der Waals surface area contributed by atoms with Gasteiger partial charge in [-0.2, -0.15) is 0 Å². The van der Waals surface area contributed by atoms with Gasteiger partial charge in [-0.1, -0.05) is 0 Å². The van der Waals surface area contributed by atoms with Crippen LogP contribution in [0.15, 0.2) is 18.2 Å². The minimum Gasteiger partial charge on any atom is -0.490 e. The van der Waals surface area contributed by atoms with Crippen molar-refractivity contribution in [2.24, 2.45) is 0 Å². The van der Waals surface area contributed by atoms with Crippen LogP contribution in [0.4, 0.5) is 0 Å². The standard InChI is InChI=1S/C14H19NO4/c1-5-18-12-7-6-11(9-16)8-13(12)19-10(2)14(17)15(3)4/h6-10H,5H2,1-4H3/t10-/m1/s1. The van der Waals surface area contributed by atoms with Crippen molar-refractivity contribution in [2.45, 2.75) is 20.0 Å². The third kappa shape index (κ3) is 3.98.